The van der Waals surface area contributed by atoms with Crippen LogP contribution in [0.4, 0.5) is 0 Å². The van der Waals surface area contributed by atoms with Crippen LogP contribution in [0.2, 0.25) is 5.02 Å². The van der Waals surface area contributed by atoms with Crippen LogP contribution in [0.25, 0.3) is 16.9 Å². The van der Waals surface area contributed by atoms with Gasteiger partial charge < -0.3 is 10.2 Å². The van der Waals surface area contributed by atoms with Crippen molar-refractivity contribution in [2.24, 2.45) is 0 Å². The fraction of sp³-hybridized carbons (Fsp3) is 0. The Hall–Kier alpha value is -2.53. The normalized spacial score (nSPS) is 10.8. The molecule has 20 heavy (non-hydrogen) atoms. The second kappa shape index (κ2) is 4.54. The van der Waals surface area contributed by atoms with Crippen LogP contribution in [-0.4, -0.2) is 25.6 Å². The van der Waals surface area contributed by atoms with E-state index in [0.29, 0.717) is 21.9 Å². The largest absolute Gasteiger partial charge is 0.506 e. The van der Waals surface area contributed by atoms with E-state index in [1.165, 1.54) is 22.7 Å². The number of carboxylic acid groups (broad SMARTS) is 1. The van der Waals surface area contributed by atoms with E-state index in [9.17, 15) is 15.0 Å². The number of benzene rings is 1. The van der Waals surface area contributed by atoms with Gasteiger partial charge in [-0.2, -0.15) is 0 Å². The van der Waals surface area contributed by atoms with Gasteiger partial charge in [-0.1, -0.05) is 23.7 Å². The molecule has 0 aliphatic carbocycles. The van der Waals surface area contributed by atoms with Crippen LogP contribution >= 0.6 is 11.6 Å². The molecule has 1 aromatic carbocycles. The SMILES string of the molecule is O=C(O)c1nc(-c2cccc(Cl)c2)n2cc(O)ccc12. The van der Waals surface area contributed by atoms with Crippen molar-refractivity contribution in [1.29, 1.82) is 0 Å². The quantitative estimate of drug-likeness (QED) is 0.760. The van der Waals surface area contributed by atoms with Crippen molar-refractivity contribution >= 4 is 23.1 Å². The molecule has 6 heteroatoms. The highest BCUT2D eigenvalue weighted by atomic mass is 35.5. The molecule has 0 bridgehead atoms. The summed E-state index contributed by atoms with van der Waals surface area (Å²) in [7, 11) is 0. The van der Waals surface area contributed by atoms with Gasteiger partial charge >= 0.3 is 5.97 Å². The third-order valence-corrected chi connectivity index (χ3v) is 3.14. The maximum Gasteiger partial charge on any atom is 0.356 e. The van der Waals surface area contributed by atoms with Crippen molar-refractivity contribution in [3.05, 3.63) is 53.3 Å². The number of rotatable bonds is 2. The molecule has 0 unspecified atom stereocenters. The fourth-order valence-corrected chi connectivity index (χ4v) is 2.25. The number of carbonyl (C=O) groups is 1. The Balaban J connectivity index is 2.35. The second-order valence-electron chi connectivity index (χ2n) is 4.24. The highest BCUT2D eigenvalue weighted by Gasteiger charge is 2.18. The Bertz CT molecular complexity index is 826. The zero-order valence-electron chi connectivity index (χ0n) is 10.1. The van der Waals surface area contributed by atoms with Gasteiger partial charge in [0.15, 0.2) is 5.69 Å². The molecule has 2 aromatic heterocycles. The number of hydrogen-bond donors (Lipinski definition) is 2. The number of halogens is 1. The van der Waals surface area contributed by atoms with Gasteiger partial charge in [-0.25, -0.2) is 9.78 Å². The lowest BCUT2D eigenvalue weighted by atomic mass is 10.2. The average Bonchev–Trinajstić information content (AvgIpc) is 2.77. The molecule has 0 saturated heterocycles. The summed E-state index contributed by atoms with van der Waals surface area (Å²) in [5, 5.41) is 19.3. The van der Waals surface area contributed by atoms with Crippen molar-refractivity contribution in [1.82, 2.24) is 9.38 Å². The van der Waals surface area contributed by atoms with E-state index in [0.717, 1.165) is 0 Å². The van der Waals surface area contributed by atoms with Gasteiger partial charge in [-0.05, 0) is 24.3 Å². The van der Waals surface area contributed by atoms with E-state index in [1.54, 1.807) is 24.3 Å². The first-order chi connectivity index (χ1) is 9.56. The number of fused-ring (bicyclic) bond motifs is 1. The lowest BCUT2D eigenvalue weighted by Crippen LogP contribution is -1.97. The van der Waals surface area contributed by atoms with Crippen molar-refractivity contribution < 1.29 is 15.0 Å². The fourth-order valence-electron chi connectivity index (χ4n) is 2.06. The van der Waals surface area contributed by atoms with E-state index in [2.05, 4.69) is 4.98 Å². The smallest absolute Gasteiger partial charge is 0.356 e. The van der Waals surface area contributed by atoms with Crippen LogP contribution in [0.1, 0.15) is 10.5 Å². The second-order valence-corrected chi connectivity index (χ2v) is 4.68. The molecular weight excluding hydrogens is 280 g/mol. The summed E-state index contributed by atoms with van der Waals surface area (Å²) in [6.45, 7) is 0. The summed E-state index contributed by atoms with van der Waals surface area (Å²) in [4.78, 5) is 15.4. The minimum Gasteiger partial charge on any atom is -0.506 e. The minimum absolute atomic E-state index is 0.0233. The van der Waals surface area contributed by atoms with Gasteiger partial charge in [0.1, 0.15) is 11.6 Å². The molecule has 0 fully saturated rings. The monoisotopic (exact) mass is 288 g/mol. The zero-order valence-corrected chi connectivity index (χ0v) is 10.9. The number of imidazole rings is 1. The molecule has 0 atom stereocenters. The van der Waals surface area contributed by atoms with Gasteiger partial charge in [-0.15, -0.1) is 0 Å². The number of aromatic carboxylic acids is 1. The summed E-state index contributed by atoms with van der Waals surface area (Å²) in [6, 6.07) is 9.87. The van der Waals surface area contributed by atoms with E-state index in [4.69, 9.17) is 11.6 Å². The number of aromatic hydroxyl groups is 1. The average molecular weight is 289 g/mol. The van der Waals surface area contributed by atoms with Gasteiger partial charge in [0, 0.05) is 10.6 Å². The topological polar surface area (TPSA) is 74.8 Å². The molecule has 0 amide bonds. The molecule has 0 spiro atoms. The molecule has 100 valence electrons. The van der Waals surface area contributed by atoms with Crippen LogP contribution in [0.15, 0.2) is 42.6 Å². The van der Waals surface area contributed by atoms with Gasteiger partial charge in [-0.3, -0.25) is 4.40 Å². The van der Waals surface area contributed by atoms with Crippen molar-refractivity contribution in [2.45, 2.75) is 0 Å². The lowest BCUT2D eigenvalue weighted by Gasteiger charge is -2.02. The predicted octanol–water partition coefficient (Wildman–Crippen LogP) is 3.06. The molecule has 0 radical (unpaired) electrons. The van der Waals surface area contributed by atoms with E-state index < -0.39 is 5.97 Å². The summed E-state index contributed by atoms with van der Waals surface area (Å²) in [5.74, 6) is -0.688. The first kappa shape index (κ1) is 12.5. The zero-order chi connectivity index (χ0) is 14.3. The Kier molecular flexibility index (Phi) is 2.84. The summed E-state index contributed by atoms with van der Waals surface area (Å²) in [6.07, 6.45) is 1.42. The van der Waals surface area contributed by atoms with E-state index >= 15 is 0 Å². The minimum atomic E-state index is -1.12. The highest BCUT2D eigenvalue weighted by molar-refractivity contribution is 6.30. The Morgan fingerprint density at radius 3 is 2.75 bits per heavy atom. The Labute approximate surface area is 118 Å². The van der Waals surface area contributed by atoms with Crippen molar-refractivity contribution in [3.63, 3.8) is 0 Å². The molecule has 0 aliphatic rings. The van der Waals surface area contributed by atoms with Crippen LogP contribution in [0, 0.1) is 0 Å². The third-order valence-electron chi connectivity index (χ3n) is 2.91. The number of pyridine rings is 1. The first-order valence-corrected chi connectivity index (χ1v) is 6.14. The Morgan fingerprint density at radius 2 is 2.05 bits per heavy atom. The predicted molar refractivity (Wildman–Crippen MR) is 74.3 cm³/mol. The molecule has 0 saturated carbocycles. The number of carboxylic acids is 1. The van der Waals surface area contributed by atoms with Crippen LogP contribution in [0.3, 0.4) is 0 Å². The van der Waals surface area contributed by atoms with Gasteiger partial charge in [0.25, 0.3) is 0 Å². The molecule has 0 aliphatic heterocycles. The van der Waals surface area contributed by atoms with Crippen molar-refractivity contribution in [2.75, 3.05) is 0 Å². The molecule has 2 N–H and O–H groups in total. The van der Waals surface area contributed by atoms with Gasteiger partial charge in [0.05, 0.1) is 11.7 Å². The number of nitrogens with zero attached hydrogens (tertiary/aromatic N) is 2. The van der Waals surface area contributed by atoms with E-state index in [1.807, 2.05) is 0 Å². The van der Waals surface area contributed by atoms with Gasteiger partial charge in [0.2, 0.25) is 0 Å². The molecular formula is C14H9ClN2O3. The Morgan fingerprint density at radius 1 is 1.25 bits per heavy atom. The standard InChI is InChI=1S/C14H9ClN2O3/c15-9-3-1-2-8(6-9)13-16-12(14(19)20)11-5-4-10(18)7-17(11)13/h1-7,18H,(H,19,20). The molecule has 5 nitrogen and oxygen atoms in total. The highest BCUT2D eigenvalue weighted by Crippen LogP contribution is 2.26. The lowest BCUT2D eigenvalue weighted by molar-refractivity contribution is 0.0693. The summed E-state index contributed by atoms with van der Waals surface area (Å²) in [5.41, 5.74) is 1.01. The summed E-state index contributed by atoms with van der Waals surface area (Å²) >= 11 is 5.94. The third kappa shape index (κ3) is 1.98. The number of hydrogen-bond acceptors (Lipinski definition) is 3. The maximum atomic E-state index is 11.2. The summed E-state index contributed by atoms with van der Waals surface area (Å²) < 4.78 is 1.53. The van der Waals surface area contributed by atoms with Crippen molar-refractivity contribution in [3.8, 4) is 17.1 Å². The maximum absolute atomic E-state index is 11.2. The first-order valence-electron chi connectivity index (χ1n) is 5.76. The molecule has 3 aromatic rings. The molecule has 3 rings (SSSR count). The molecule has 2 heterocycles. The number of aromatic nitrogens is 2. The van der Waals surface area contributed by atoms with Crippen LogP contribution < -0.4 is 0 Å². The van der Waals surface area contributed by atoms with Crippen LogP contribution in [-0.2, 0) is 0 Å². The van der Waals surface area contributed by atoms with Crippen LogP contribution in [0.5, 0.6) is 5.75 Å². The van der Waals surface area contributed by atoms with E-state index in [-0.39, 0.29) is 11.4 Å².